The zero-order chi connectivity index (χ0) is 34.2. The average Bonchev–Trinajstić information content (AvgIpc) is 2.98. The molecule has 1 aliphatic rings. The highest BCUT2D eigenvalue weighted by atomic mass is 19.1. The molecule has 254 valence electrons. The van der Waals surface area contributed by atoms with Gasteiger partial charge in [0.15, 0.2) is 0 Å². The molecule has 4 rings (SSSR count). The van der Waals surface area contributed by atoms with Crippen LogP contribution in [0, 0.1) is 32.4 Å². The molecule has 3 N–H and O–H groups in total. The lowest BCUT2D eigenvalue weighted by molar-refractivity contribution is -0.137. The standard InChI is InChI=1S/C36H45F3N4O4/c1-22-16-28(37)19-25(33(22)27-15-23(2)34(39)26(18-27)11-12-32(44)45)9-7-5-4-6-8-10-31(35(40)46)43-36(47)24(3)17-30(41-43)13-14-42-20-29(38)21-42/h15-19,29,31H,4-14,20-21H2,1-3H3,(H2,40,46)(H,44,45)/t31-/m0/s1. The Kier molecular flexibility index (Phi) is 12.4. The normalized spacial score (nSPS) is 14.3. The second kappa shape index (κ2) is 16.2. The second-order valence-corrected chi connectivity index (χ2v) is 12.8. The average molecular weight is 655 g/mol. The Morgan fingerprint density at radius 2 is 1.62 bits per heavy atom. The molecule has 1 saturated heterocycles. The third-order valence-corrected chi connectivity index (χ3v) is 8.92. The van der Waals surface area contributed by atoms with Crippen LogP contribution in [0.1, 0.15) is 84.5 Å². The Morgan fingerprint density at radius 3 is 2.30 bits per heavy atom. The molecule has 47 heavy (non-hydrogen) atoms. The van der Waals surface area contributed by atoms with Crippen molar-refractivity contribution in [2.75, 3.05) is 19.6 Å². The van der Waals surface area contributed by atoms with Gasteiger partial charge in [-0.2, -0.15) is 5.10 Å². The van der Waals surface area contributed by atoms with Crippen LogP contribution in [-0.2, 0) is 28.9 Å². The van der Waals surface area contributed by atoms with Crippen molar-refractivity contribution < 1.29 is 27.9 Å². The van der Waals surface area contributed by atoms with Crippen LogP contribution in [0.15, 0.2) is 35.1 Å². The van der Waals surface area contributed by atoms with E-state index in [0.29, 0.717) is 67.7 Å². The number of aromatic nitrogens is 2. The third-order valence-electron chi connectivity index (χ3n) is 8.92. The highest BCUT2D eigenvalue weighted by Crippen LogP contribution is 2.33. The minimum atomic E-state index is -1.00. The first-order valence-electron chi connectivity index (χ1n) is 16.4. The number of aliphatic carboxylic acids is 1. The highest BCUT2D eigenvalue weighted by Gasteiger charge is 2.26. The molecule has 0 saturated carbocycles. The number of unbranched alkanes of at least 4 members (excludes halogenated alkanes) is 4. The van der Waals surface area contributed by atoms with E-state index in [0.717, 1.165) is 47.9 Å². The summed E-state index contributed by atoms with van der Waals surface area (Å²) in [6, 6.07) is 7.21. The number of aryl methyl sites for hydroxylation is 5. The number of nitrogens with two attached hydrogens (primary N) is 1. The number of amides is 1. The lowest BCUT2D eigenvalue weighted by atomic mass is 9.89. The van der Waals surface area contributed by atoms with Gasteiger partial charge in [0.25, 0.3) is 5.56 Å². The minimum Gasteiger partial charge on any atom is -0.481 e. The zero-order valence-electron chi connectivity index (χ0n) is 27.5. The van der Waals surface area contributed by atoms with E-state index in [2.05, 4.69) is 5.10 Å². The predicted octanol–water partition coefficient (Wildman–Crippen LogP) is 5.94. The number of nitrogens with zero attached hydrogens (tertiary/aromatic N) is 3. The molecular formula is C36H45F3N4O4. The van der Waals surface area contributed by atoms with E-state index in [-0.39, 0.29) is 24.2 Å². The van der Waals surface area contributed by atoms with Gasteiger partial charge in [-0.1, -0.05) is 25.7 Å². The van der Waals surface area contributed by atoms with Crippen LogP contribution in [0.5, 0.6) is 0 Å². The van der Waals surface area contributed by atoms with Gasteiger partial charge in [-0.25, -0.2) is 17.9 Å². The molecule has 8 nitrogen and oxygen atoms in total. The molecule has 11 heteroatoms. The Bertz CT molecular complexity index is 1650. The number of carboxylic acids is 1. The molecule has 1 atom stereocenters. The lowest BCUT2D eigenvalue weighted by Gasteiger charge is -2.34. The maximum Gasteiger partial charge on any atom is 0.303 e. The van der Waals surface area contributed by atoms with Crippen LogP contribution in [0.3, 0.4) is 0 Å². The zero-order valence-corrected chi connectivity index (χ0v) is 27.5. The summed E-state index contributed by atoms with van der Waals surface area (Å²) in [4.78, 5) is 38.3. The first-order valence-corrected chi connectivity index (χ1v) is 16.4. The number of likely N-dealkylation sites (tertiary alicyclic amines) is 1. The minimum absolute atomic E-state index is 0.0679. The summed E-state index contributed by atoms with van der Waals surface area (Å²) in [7, 11) is 0. The molecule has 0 radical (unpaired) electrons. The van der Waals surface area contributed by atoms with Gasteiger partial charge < -0.3 is 10.8 Å². The first kappa shape index (κ1) is 35.9. The van der Waals surface area contributed by atoms with Gasteiger partial charge in [0, 0.05) is 38.0 Å². The molecule has 1 aliphatic heterocycles. The predicted molar refractivity (Wildman–Crippen MR) is 175 cm³/mol. The molecule has 0 spiro atoms. The van der Waals surface area contributed by atoms with Crippen LogP contribution in [0.2, 0.25) is 0 Å². The smallest absolute Gasteiger partial charge is 0.303 e. The van der Waals surface area contributed by atoms with Crippen LogP contribution >= 0.6 is 0 Å². The number of rotatable bonds is 17. The topological polar surface area (TPSA) is 119 Å². The number of carbonyl (C=O) groups excluding carboxylic acids is 1. The van der Waals surface area contributed by atoms with Crippen molar-refractivity contribution in [3.63, 3.8) is 0 Å². The van der Waals surface area contributed by atoms with E-state index in [1.54, 1.807) is 32.0 Å². The molecule has 1 amide bonds. The van der Waals surface area contributed by atoms with Crippen molar-refractivity contribution in [3.05, 3.63) is 85.8 Å². The summed E-state index contributed by atoms with van der Waals surface area (Å²) in [5, 5.41) is 13.5. The maximum atomic E-state index is 14.8. The van der Waals surface area contributed by atoms with Crippen molar-refractivity contribution in [2.45, 2.75) is 97.2 Å². The Labute approximate surface area is 273 Å². The fourth-order valence-corrected chi connectivity index (χ4v) is 6.40. The Hall–Kier alpha value is -3.99. The molecule has 3 aromatic rings. The summed E-state index contributed by atoms with van der Waals surface area (Å²) in [5.74, 6) is -2.38. The van der Waals surface area contributed by atoms with Crippen LogP contribution < -0.4 is 11.3 Å². The molecule has 2 heterocycles. The highest BCUT2D eigenvalue weighted by molar-refractivity contribution is 5.78. The van der Waals surface area contributed by atoms with Crippen LogP contribution in [-0.4, -0.2) is 57.5 Å². The second-order valence-electron chi connectivity index (χ2n) is 12.8. The van der Waals surface area contributed by atoms with Gasteiger partial charge >= 0.3 is 5.97 Å². The number of carboxylic acid groups (broad SMARTS) is 1. The number of hydrogen-bond donors (Lipinski definition) is 2. The maximum absolute atomic E-state index is 14.8. The van der Waals surface area contributed by atoms with Gasteiger partial charge in [0.2, 0.25) is 5.91 Å². The summed E-state index contributed by atoms with van der Waals surface area (Å²) in [6.07, 6.45) is 4.57. The molecule has 2 aromatic carbocycles. The van der Waals surface area contributed by atoms with Gasteiger partial charge in [-0.3, -0.25) is 19.3 Å². The lowest BCUT2D eigenvalue weighted by Crippen LogP contribution is -2.49. The molecule has 1 aromatic heterocycles. The quantitative estimate of drug-likeness (QED) is 0.174. The number of carbonyl (C=O) groups is 2. The molecular weight excluding hydrogens is 609 g/mol. The molecule has 0 unspecified atom stereocenters. The van der Waals surface area contributed by atoms with Crippen molar-refractivity contribution in [1.29, 1.82) is 0 Å². The molecule has 1 fully saturated rings. The number of benzene rings is 2. The molecule has 0 bridgehead atoms. The van der Waals surface area contributed by atoms with Crippen LogP contribution in [0.25, 0.3) is 11.1 Å². The Morgan fingerprint density at radius 1 is 0.915 bits per heavy atom. The van der Waals surface area contributed by atoms with Crippen molar-refractivity contribution in [2.24, 2.45) is 5.73 Å². The van der Waals surface area contributed by atoms with E-state index >= 15 is 0 Å². The van der Waals surface area contributed by atoms with Crippen molar-refractivity contribution in [3.8, 4) is 11.1 Å². The summed E-state index contributed by atoms with van der Waals surface area (Å²) >= 11 is 0. The summed E-state index contributed by atoms with van der Waals surface area (Å²) in [5.41, 5.74) is 10.4. The first-order chi connectivity index (χ1) is 22.3. The number of halogens is 3. The third kappa shape index (κ3) is 9.53. The largest absolute Gasteiger partial charge is 0.481 e. The summed E-state index contributed by atoms with van der Waals surface area (Å²) < 4.78 is 43.6. The van der Waals surface area contributed by atoms with Crippen molar-refractivity contribution >= 4 is 11.9 Å². The van der Waals surface area contributed by atoms with E-state index in [9.17, 15) is 27.6 Å². The number of primary amides is 1. The Balaban J connectivity index is 1.34. The summed E-state index contributed by atoms with van der Waals surface area (Å²) in [6.45, 7) is 6.57. The monoisotopic (exact) mass is 654 g/mol. The van der Waals surface area contributed by atoms with Crippen LogP contribution in [0.4, 0.5) is 13.2 Å². The SMILES string of the molecule is Cc1cc(-c2c(C)cc(F)cc2CCCCCCC[C@@H](C(N)=O)n2nc(CCN3CC(F)C3)cc(C)c2=O)cc(CCC(=O)O)c1F. The van der Waals surface area contributed by atoms with Gasteiger partial charge in [0.05, 0.1) is 5.69 Å². The fraction of sp³-hybridized carbons (Fsp3) is 0.500. The fourth-order valence-electron chi connectivity index (χ4n) is 6.40. The number of alkyl halides is 1. The number of hydrogen-bond acceptors (Lipinski definition) is 5. The van der Waals surface area contributed by atoms with E-state index in [4.69, 9.17) is 10.8 Å². The van der Waals surface area contributed by atoms with E-state index in [1.165, 1.54) is 16.8 Å². The van der Waals surface area contributed by atoms with Gasteiger partial charge in [-0.15, -0.1) is 0 Å². The van der Waals surface area contributed by atoms with Gasteiger partial charge in [-0.05, 0) is 110 Å². The van der Waals surface area contributed by atoms with E-state index in [1.807, 2.05) is 11.8 Å². The van der Waals surface area contributed by atoms with Gasteiger partial charge in [0.1, 0.15) is 23.8 Å². The molecule has 0 aliphatic carbocycles. The van der Waals surface area contributed by atoms with Crippen molar-refractivity contribution in [1.82, 2.24) is 14.7 Å². The van der Waals surface area contributed by atoms with E-state index < -0.39 is 29.9 Å².